The molecule has 3 aliphatic rings. The number of aromatic nitrogens is 2. The van der Waals surface area contributed by atoms with E-state index in [1.54, 1.807) is 23.1 Å². The van der Waals surface area contributed by atoms with E-state index in [0.717, 1.165) is 57.8 Å². The van der Waals surface area contributed by atoms with Crippen molar-refractivity contribution in [3.8, 4) is 5.75 Å². The minimum absolute atomic E-state index is 0.0466. The molecule has 0 radical (unpaired) electrons. The Balaban J connectivity index is 1.34. The molecule has 1 aromatic carbocycles. The highest BCUT2D eigenvalue weighted by Crippen LogP contribution is 2.37. The van der Waals surface area contributed by atoms with Crippen LogP contribution >= 0.6 is 0 Å². The number of methoxy groups -OCH3 is 1. The van der Waals surface area contributed by atoms with Crippen molar-refractivity contribution in [1.29, 1.82) is 0 Å². The fourth-order valence-corrected chi connectivity index (χ4v) is 6.09. The van der Waals surface area contributed by atoms with Crippen LogP contribution in [0, 0.1) is 0 Å². The summed E-state index contributed by atoms with van der Waals surface area (Å²) >= 11 is 0. The molecule has 10 nitrogen and oxygen atoms in total. The van der Waals surface area contributed by atoms with E-state index < -0.39 is 11.7 Å². The second-order valence-corrected chi connectivity index (χ2v) is 11.3. The zero-order chi connectivity index (χ0) is 29.9. The maximum absolute atomic E-state index is 14.0. The van der Waals surface area contributed by atoms with Crippen LogP contribution in [0.5, 0.6) is 5.75 Å². The topological polar surface area (TPSA) is 112 Å². The highest BCUT2D eigenvalue weighted by atomic mass is 19.4. The van der Waals surface area contributed by atoms with Gasteiger partial charge in [-0.15, -0.1) is 0 Å². The van der Waals surface area contributed by atoms with Crippen LogP contribution in [0.3, 0.4) is 0 Å². The summed E-state index contributed by atoms with van der Waals surface area (Å²) in [5, 5.41) is 9.04. The molecule has 0 spiro atoms. The van der Waals surface area contributed by atoms with Crippen LogP contribution in [-0.2, 0) is 11.0 Å². The van der Waals surface area contributed by atoms with E-state index in [2.05, 4.69) is 37.9 Å². The van der Waals surface area contributed by atoms with Crippen molar-refractivity contribution in [3.63, 3.8) is 0 Å². The van der Waals surface area contributed by atoms with E-state index in [-0.39, 0.29) is 41.7 Å². The molecule has 2 saturated heterocycles. The number of rotatable bonds is 8. The molecular formula is C29H38F3N7O3. The molecular weight excluding hydrogens is 551 g/mol. The van der Waals surface area contributed by atoms with Gasteiger partial charge in [0, 0.05) is 36.8 Å². The Morgan fingerprint density at radius 1 is 1.07 bits per heavy atom. The van der Waals surface area contributed by atoms with Gasteiger partial charge >= 0.3 is 6.18 Å². The van der Waals surface area contributed by atoms with Crippen molar-refractivity contribution < 1.29 is 27.5 Å². The highest BCUT2D eigenvalue weighted by Gasteiger charge is 2.39. The SMILES string of the molecule is COc1cc(C(=O)NC2CCN(C)CC2)ccc1Nc1ncc(C(F)(F)F)c(N[C@@H]2CCCC[C@H]2N2CCCC2=O)n1. The molecule has 42 heavy (non-hydrogen) atoms. The van der Waals surface area contributed by atoms with E-state index in [0.29, 0.717) is 36.4 Å². The lowest BCUT2D eigenvalue weighted by molar-refractivity contribution is -0.137. The van der Waals surface area contributed by atoms with E-state index in [4.69, 9.17) is 4.74 Å². The number of piperidine rings is 1. The number of nitrogens with zero attached hydrogens (tertiary/aromatic N) is 4. The molecule has 5 rings (SSSR count). The molecule has 2 amide bonds. The number of alkyl halides is 3. The minimum Gasteiger partial charge on any atom is -0.495 e. The Labute approximate surface area is 243 Å². The Hall–Kier alpha value is -3.61. The van der Waals surface area contributed by atoms with Gasteiger partial charge in [0.2, 0.25) is 11.9 Å². The third kappa shape index (κ3) is 6.88. The predicted molar refractivity (Wildman–Crippen MR) is 152 cm³/mol. The van der Waals surface area contributed by atoms with Gasteiger partial charge in [-0.2, -0.15) is 18.2 Å². The number of likely N-dealkylation sites (tertiary alicyclic amines) is 2. The number of amides is 2. The molecule has 3 fully saturated rings. The van der Waals surface area contributed by atoms with E-state index in [9.17, 15) is 22.8 Å². The normalized spacial score (nSPS) is 22.2. The molecule has 13 heteroatoms. The number of carbonyl (C=O) groups excluding carboxylic acids is 2. The van der Waals surface area contributed by atoms with E-state index >= 15 is 0 Å². The second kappa shape index (κ2) is 12.7. The summed E-state index contributed by atoms with van der Waals surface area (Å²) in [6, 6.07) is 4.37. The summed E-state index contributed by atoms with van der Waals surface area (Å²) in [4.78, 5) is 37.5. The fourth-order valence-electron chi connectivity index (χ4n) is 6.09. The van der Waals surface area contributed by atoms with Gasteiger partial charge in [0.15, 0.2) is 0 Å². The zero-order valence-electron chi connectivity index (χ0n) is 24.0. The van der Waals surface area contributed by atoms with Crippen molar-refractivity contribution in [1.82, 2.24) is 25.1 Å². The van der Waals surface area contributed by atoms with E-state index in [1.165, 1.54) is 7.11 Å². The van der Waals surface area contributed by atoms with Crippen LogP contribution in [0.15, 0.2) is 24.4 Å². The summed E-state index contributed by atoms with van der Waals surface area (Å²) < 4.78 is 47.4. The van der Waals surface area contributed by atoms with E-state index in [1.807, 2.05) is 0 Å². The monoisotopic (exact) mass is 589 g/mol. The molecule has 2 aromatic rings. The molecule has 0 bridgehead atoms. The van der Waals surface area contributed by atoms with Crippen LogP contribution < -0.4 is 20.7 Å². The number of ether oxygens (including phenoxy) is 1. The summed E-state index contributed by atoms with van der Waals surface area (Å²) in [6.07, 6.45) is 2.19. The first-order valence-electron chi connectivity index (χ1n) is 14.6. The predicted octanol–water partition coefficient (Wildman–Crippen LogP) is 4.42. The first-order chi connectivity index (χ1) is 20.1. The zero-order valence-corrected chi connectivity index (χ0v) is 24.0. The third-order valence-corrected chi connectivity index (χ3v) is 8.42. The van der Waals surface area contributed by atoms with Crippen LogP contribution in [0.4, 0.5) is 30.6 Å². The van der Waals surface area contributed by atoms with Crippen molar-refractivity contribution >= 4 is 29.3 Å². The lowest BCUT2D eigenvalue weighted by Crippen LogP contribution is -2.49. The van der Waals surface area contributed by atoms with Gasteiger partial charge in [-0.3, -0.25) is 9.59 Å². The Bertz CT molecular complexity index is 1280. The molecule has 1 aromatic heterocycles. The molecule has 2 aliphatic heterocycles. The summed E-state index contributed by atoms with van der Waals surface area (Å²) in [6.45, 7) is 2.45. The quantitative estimate of drug-likeness (QED) is 0.415. The number of anilines is 3. The van der Waals surface area contributed by atoms with Crippen molar-refractivity contribution in [3.05, 3.63) is 35.5 Å². The average molecular weight is 590 g/mol. The number of halogens is 3. The fraction of sp³-hybridized carbons (Fsp3) is 0.586. The van der Waals surface area contributed by atoms with Gasteiger partial charge in [0.25, 0.3) is 5.91 Å². The summed E-state index contributed by atoms with van der Waals surface area (Å²) in [5.74, 6) is -0.243. The largest absolute Gasteiger partial charge is 0.495 e. The standard InChI is InChI=1S/C29H38F3N7O3/c1-38-14-11-19(12-15-38)34-27(41)18-9-10-22(24(16-18)42-2)36-28-33-17-20(29(30,31)32)26(37-28)35-21-6-3-4-7-23(21)39-13-5-8-25(39)40/h9-10,16-17,19,21,23H,3-8,11-15H2,1-2H3,(H,34,41)(H2,33,35,36,37)/t21-,23-/m1/s1. The maximum Gasteiger partial charge on any atom is 0.421 e. The van der Waals surface area contributed by atoms with Crippen LogP contribution in [0.25, 0.3) is 0 Å². The molecule has 3 N–H and O–H groups in total. The third-order valence-electron chi connectivity index (χ3n) is 8.42. The van der Waals surface area contributed by atoms with Crippen LogP contribution in [0.1, 0.15) is 67.3 Å². The molecule has 1 saturated carbocycles. The number of hydrogen-bond donors (Lipinski definition) is 3. The van der Waals surface area contributed by atoms with Gasteiger partial charge in [-0.1, -0.05) is 12.8 Å². The van der Waals surface area contributed by atoms with Gasteiger partial charge < -0.3 is 30.5 Å². The number of nitrogens with one attached hydrogen (secondary N) is 3. The Kier molecular flexibility index (Phi) is 9.05. The number of carbonyl (C=O) groups is 2. The van der Waals surface area contributed by atoms with Crippen molar-refractivity contribution in [2.24, 2.45) is 0 Å². The molecule has 2 atom stereocenters. The highest BCUT2D eigenvalue weighted by molar-refractivity contribution is 5.95. The number of benzene rings is 1. The maximum atomic E-state index is 14.0. The average Bonchev–Trinajstić information content (AvgIpc) is 3.39. The molecule has 3 heterocycles. The second-order valence-electron chi connectivity index (χ2n) is 11.3. The smallest absolute Gasteiger partial charge is 0.421 e. The Morgan fingerprint density at radius 3 is 2.52 bits per heavy atom. The van der Waals surface area contributed by atoms with Gasteiger partial charge in [-0.05, 0) is 70.4 Å². The first-order valence-corrected chi connectivity index (χ1v) is 14.6. The van der Waals surface area contributed by atoms with Crippen LogP contribution in [0.2, 0.25) is 0 Å². The lowest BCUT2D eigenvalue weighted by Gasteiger charge is -2.38. The van der Waals surface area contributed by atoms with Crippen molar-refractivity contribution in [2.45, 2.75) is 75.7 Å². The lowest BCUT2D eigenvalue weighted by atomic mass is 9.89. The minimum atomic E-state index is -4.67. The Morgan fingerprint density at radius 2 is 1.83 bits per heavy atom. The van der Waals surface area contributed by atoms with Crippen LogP contribution in [-0.4, -0.2) is 83.5 Å². The van der Waals surface area contributed by atoms with Gasteiger partial charge in [0.1, 0.15) is 17.1 Å². The molecule has 1 aliphatic carbocycles. The summed E-state index contributed by atoms with van der Waals surface area (Å²) in [7, 11) is 3.50. The first kappa shape index (κ1) is 29.9. The van der Waals surface area contributed by atoms with Crippen molar-refractivity contribution in [2.75, 3.05) is 44.4 Å². The molecule has 0 unspecified atom stereocenters. The number of hydrogen-bond acceptors (Lipinski definition) is 8. The molecule has 228 valence electrons. The van der Waals surface area contributed by atoms with Gasteiger partial charge in [-0.25, -0.2) is 4.98 Å². The van der Waals surface area contributed by atoms with Gasteiger partial charge in [0.05, 0.1) is 18.8 Å². The summed E-state index contributed by atoms with van der Waals surface area (Å²) in [5.41, 5.74) is -0.165.